The first kappa shape index (κ1) is 14.9. The number of nitrogens with one attached hydrogen (secondary N) is 4. The van der Waals surface area contributed by atoms with Crippen LogP contribution in [0.25, 0.3) is 0 Å². The maximum absolute atomic E-state index is 11.1. The van der Waals surface area contributed by atoms with Crippen molar-refractivity contribution in [3.63, 3.8) is 0 Å². The second-order valence-electron chi connectivity index (χ2n) is 3.58. The van der Waals surface area contributed by atoms with Gasteiger partial charge in [-0.3, -0.25) is 9.59 Å². The second-order valence-corrected chi connectivity index (χ2v) is 3.58. The molecule has 2 amide bonds. The van der Waals surface area contributed by atoms with Crippen molar-refractivity contribution in [3.8, 4) is 0 Å². The van der Waals surface area contributed by atoms with Gasteiger partial charge in [0.15, 0.2) is 0 Å². The van der Waals surface area contributed by atoms with Gasteiger partial charge in [-0.15, -0.1) is 0 Å². The fraction of sp³-hybridized carbons (Fsp3) is 0.800. The standard InChI is InChI=1S/C10H22N4O2/c1-7(9(15)11-3)13-5-6-14-8(2)10(16)12-4/h7-8,13-14H,5-6H2,1-4H3,(H,11,15)(H,12,16)/t7-,8-/m0/s1. The van der Waals surface area contributed by atoms with Crippen LogP contribution in [0.3, 0.4) is 0 Å². The molecule has 0 fully saturated rings. The Labute approximate surface area is 96.5 Å². The lowest BCUT2D eigenvalue weighted by molar-refractivity contribution is -0.123. The fourth-order valence-electron chi connectivity index (χ4n) is 1.20. The molecule has 16 heavy (non-hydrogen) atoms. The summed E-state index contributed by atoms with van der Waals surface area (Å²) in [5.41, 5.74) is 0. The van der Waals surface area contributed by atoms with Crippen LogP contribution in [0.2, 0.25) is 0 Å². The van der Waals surface area contributed by atoms with Gasteiger partial charge in [0.05, 0.1) is 12.1 Å². The van der Waals surface area contributed by atoms with Gasteiger partial charge in [-0.25, -0.2) is 0 Å². The van der Waals surface area contributed by atoms with Crippen molar-refractivity contribution in [2.75, 3.05) is 27.2 Å². The smallest absolute Gasteiger partial charge is 0.236 e. The summed E-state index contributed by atoms with van der Waals surface area (Å²) in [7, 11) is 3.21. The molecule has 0 aromatic carbocycles. The Morgan fingerprint density at radius 2 is 1.19 bits per heavy atom. The average molecular weight is 230 g/mol. The normalized spacial score (nSPS) is 14.0. The summed E-state index contributed by atoms with van der Waals surface area (Å²) in [5, 5.41) is 11.2. The molecule has 0 unspecified atom stereocenters. The largest absolute Gasteiger partial charge is 0.358 e. The molecular weight excluding hydrogens is 208 g/mol. The van der Waals surface area contributed by atoms with Gasteiger partial charge in [0.1, 0.15) is 0 Å². The molecule has 2 atom stereocenters. The Morgan fingerprint density at radius 3 is 1.44 bits per heavy atom. The van der Waals surface area contributed by atoms with Crippen molar-refractivity contribution in [3.05, 3.63) is 0 Å². The van der Waals surface area contributed by atoms with E-state index in [2.05, 4.69) is 21.3 Å². The summed E-state index contributed by atoms with van der Waals surface area (Å²) in [6.07, 6.45) is 0. The molecule has 0 aliphatic heterocycles. The molecule has 0 aromatic heterocycles. The lowest BCUT2D eigenvalue weighted by Gasteiger charge is -2.15. The molecule has 0 saturated carbocycles. The van der Waals surface area contributed by atoms with Crippen molar-refractivity contribution < 1.29 is 9.59 Å². The summed E-state index contributed by atoms with van der Waals surface area (Å²) >= 11 is 0. The molecule has 0 aromatic rings. The van der Waals surface area contributed by atoms with Crippen LogP contribution in [-0.4, -0.2) is 51.1 Å². The van der Waals surface area contributed by atoms with Crippen LogP contribution in [0.15, 0.2) is 0 Å². The minimum absolute atomic E-state index is 0.0423. The van der Waals surface area contributed by atoms with Gasteiger partial charge >= 0.3 is 0 Å². The maximum Gasteiger partial charge on any atom is 0.236 e. The van der Waals surface area contributed by atoms with Crippen molar-refractivity contribution >= 4 is 11.8 Å². The van der Waals surface area contributed by atoms with Crippen LogP contribution in [0.4, 0.5) is 0 Å². The molecule has 6 nitrogen and oxygen atoms in total. The van der Waals surface area contributed by atoms with Gasteiger partial charge in [-0.1, -0.05) is 0 Å². The van der Waals surface area contributed by atoms with E-state index in [1.807, 2.05) is 0 Å². The third-order valence-corrected chi connectivity index (χ3v) is 2.31. The lowest BCUT2D eigenvalue weighted by Crippen LogP contribution is -2.46. The molecule has 0 spiro atoms. The van der Waals surface area contributed by atoms with E-state index in [1.54, 1.807) is 27.9 Å². The predicted octanol–water partition coefficient (Wildman–Crippen LogP) is -1.57. The van der Waals surface area contributed by atoms with Gasteiger partial charge in [-0.05, 0) is 13.8 Å². The van der Waals surface area contributed by atoms with Crippen molar-refractivity contribution in [1.29, 1.82) is 0 Å². The molecular formula is C10H22N4O2. The average Bonchev–Trinajstić information content (AvgIpc) is 2.31. The Hall–Kier alpha value is -1.14. The first-order valence-corrected chi connectivity index (χ1v) is 5.42. The predicted molar refractivity (Wildman–Crippen MR) is 63.1 cm³/mol. The van der Waals surface area contributed by atoms with E-state index in [0.717, 1.165) is 0 Å². The summed E-state index contributed by atoms with van der Waals surface area (Å²) in [5.74, 6) is -0.0845. The summed E-state index contributed by atoms with van der Waals surface area (Å²) in [6, 6.07) is -0.441. The van der Waals surface area contributed by atoms with Crippen molar-refractivity contribution in [1.82, 2.24) is 21.3 Å². The number of amides is 2. The van der Waals surface area contributed by atoms with E-state index in [1.165, 1.54) is 0 Å². The Morgan fingerprint density at radius 1 is 0.875 bits per heavy atom. The first-order chi connectivity index (χ1) is 7.52. The SMILES string of the molecule is CNC(=O)[C@H](C)NCCN[C@@H](C)C(=O)NC. The minimum atomic E-state index is -0.220. The van der Waals surface area contributed by atoms with Crippen molar-refractivity contribution in [2.24, 2.45) is 0 Å². The van der Waals surface area contributed by atoms with E-state index in [4.69, 9.17) is 0 Å². The number of likely N-dealkylation sites (N-methyl/N-ethyl adjacent to an activating group) is 2. The van der Waals surface area contributed by atoms with E-state index < -0.39 is 0 Å². The highest BCUT2D eigenvalue weighted by Crippen LogP contribution is 1.81. The highest BCUT2D eigenvalue weighted by molar-refractivity contribution is 5.81. The Balaban J connectivity index is 3.60. The van der Waals surface area contributed by atoms with Crippen LogP contribution in [0.5, 0.6) is 0 Å². The first-order valence-electron chi connectivity index (χ1n) is 5.42. The monoisotopic (exact) mass is 230 g/mol. The van der Waals surface area contributed by atoms with Gasteiger partial charge in [-0.2, -0.15) is 0 Å². The van der Waals surface area contributed by atoms with Crippen LogP contribution < -0.4 is 21.3 Å². The lowest BCUT2D eigenvalue weighted by atomic mass is 10.3. The van der Waals surface area contributed by atoms with Gasteiger partial charge < -0.3 is 21.3 Å². The highest BCUT2D eigenvalue weighted by Gasteiger charge is 2.11. The molecule has 0 saturated heterocycles. The van der Waals surface area contributed by atoms with E-state index >= 15 is 0 Å². The summed E-state index contributed by atoms with van der Waals surface area (Å²) in [6.45, 7) is 4.86. The Kier molecular flexibility index (Phi) is 7.49. The minimum Gasteiger partial charge on any atom is -0.358 e. The molecule has 0 heterocycles. The molecule has 4 N–H and O–H groups in total. The van der Waals surface area contributed by atoms with E-state index in [0.29, 0.717) is 13.1 Å². The molecule has 0 aliphatic rings. The van der Waals surface area contributed by atoms with E-state index in [9.17, 15) is 9.59 Å². The van der Waals surface area contributed by atoms with Crippen LogP contribution >= 0.6 is 0 Å². The van der Waals surface area contributed by atoms with Gasteiger partial charge in [0, 0.05) is 27.2 Å². The molecule has 0 radical (unpaired) electrons. The third kappa shape index (κ3) is 5.67. The number of rotatable bonds is 7. The molecule has 6 heteroatoms. The quantitative estimate of drug-likeness (QED) is 0.398. The summed E-state index contributed by atoms with van der Waals surface area (Å²) < 4.78 is 0. The third-order valence-electron chi connectivity index (χ3n) is 2.31. The fourth-order valence-corrected chi connectivity index (χ4v) is 1.20. The molecule has 0 aliphatic carbocycles. The maximum atomic E-state index is 11.1. The van der Waals surface area contributed by atoms with Crippen LogP contribution in [0, 0.1) is 0 Å². The molecule has 0 rings (SSSR count). The highest BCUT2D eigenvalue weighted by atomic mass is 16.2. The number of carbonyl (C=O) groups excluding carboxylic acids is 2. The number of carbonyl (C=O) groups is 2. The number of hydrogen-bond acceptors (Lipinski definition) is 4. The van der Waals surface area contributed by atoms with Crippen LogP contribution in [0.1, 0.15) is 13.8 Å². The van der Waals surface area contributed by atoms with Crippen molar-refractivity contribution in [2.45, 2.75) is 25.9 Å². The van der Waals surface area contributed by atoms with Gasteiger partial charge in [0.2, 0.25) is 11.8 Å². The second kappa shape index (κ2) is 8.06. The van der Waals surface area contributed by atoms with Gasteiger partial charge in [0.25, 0.3) is 0 Å². The zero-order valence-corrected chi connectivity index (χ0v) is 10.4. The zero-order valence-electron chi connectivity index (χ0n) is 10.4. The molecule has 94 valence electrons. The van der Waals surface area contributed by atoms with E-state index in [-0.39, 0.29) is 23.9 Å². The Bertz CT molecular complexity index is 209. The zero-order chi connectivity index (χ0) is 12.6. The molecule has 0 bridgehead atoms. The topological polar surface area (TPSA) is 82.3 Å². The number of hydrogen-bond donors (Lipinski definition) is 4. The van der Waals surface area contributed by atoms with Crippen LogP contribution in [-0.2, 0) is 9.59 Å². The summed E-state index contributed by atoms with van der Waals surface area (Å²) in [4.78, 5) is 22.3.